The van der Waals surface area contributed by atoms with Crippen molar-refractivity contribution in [1.82, 2.24) is 0 Å². The van der Waals surface area contributed by atoms with E-state index in [1.807, 2.05) is 0 Å². The predicted molar refractivity (Wildman–Crippen MR) is 65.8 cm³/mol. The maximum atomic E-state index is 2.29. The third-order valence-corrected chi connectivity index (χ3v) is 2.57. The summed E-state index contributed by atoms with van der Waals surface area (Å²) in [5, 5.41) is 0. The molecular formula is C11H21I. The normalized spacial score (nSPS) is 11.2. The molecule has 0 atom stereocenters. The van der Waals surface area contributed by atoms with E-state index in [1.54, 1.807) is 0 Å². The van der Waals surface area contributed by atoms with Gasteiger partial charge in [-0.05, 0) is 16.9 Å². The molecule has 0 aliphatic rings. The molecule has 0 aromatic heterocycles. The van der Waals surface area contributed by atoms with Gasteiger partial charge in [-0.2, -0.15) is 0 Å². The number of hydrogen-bond donors (Lipinski definition) is 0. The van der Waals surface area contributed by atoms with Crippen molar-refractivity contribution >= 4 is 22.6 Å². The summed E-state index contributed by atoms with van der Waals surface area (Å²) in [5.41, 5.74) is 0. The highest BCUT2D eigenvalue weighted by Gasteiger charge is 1.88. The summed E-state index contributed by atoms with van der Waals surface area (Å²) in [6, 6.07) is 0. The molecule has 0 nitrogen and oxygen atoms in total. The molecule has 0 unspecified atom stereocenters. The zero-order chi connectivity index (χ0) is 9.07. The third kappa shape index (κ3) is 10.5. The van der Waals surface area contributed by atoms with Gasteiger partial charge in [0, 0.05) is 0 Å². The lowest BCUT2D eigenvalue weighted by atomic mass is 10.1. The van der Waals surface area contributed by atoms with Crippen molar-refractivity contribution in [2.24, 2.45) is 0 Å². The van der Waals surface area contributed by atoms with Crippen molar-refractivity contribution in [3.8, 4) is 0 Å². The van der Waals surface area contributed by atoms with Gasteiger partial charge in [0.25, 0.3) is 0 Å². The molecule has 0 bridgehead atoms. The first-order valence-corrected chi connectivity index (χ1v) is 6.41. The van der Waals surface area contributed by atoms with Gasteiger partial charge in [-0.25, -0.2) is 0 Å². The number of allylic oxidation sites excluding steroid dienone is 1. The molecule has 0 saturated heterocycles. The van der Waals surface area contributed by atoms with E-state index in [4.69, 9.17) is 0 Å². The molecule has 0 fully saturated rings. The van der Waals surface area contributed by atoms with Crippen LogP contribution in [0.25, 0.3) is 0 Å². The number of rotatable bonds is 8. The van der Waals surface area contributed by atoms with Crippen LogP contribution in [0, 0.1) is 0 Å². The number of halogens is 1. The van der Waals surface area contributed by atoms with Gasteiger partial charge in [-0.3, -0.25) is 0 Å². The Balaban J connectivity index is 2.81. The molecule has 0 spiro atoms. The van der Waals surface area contributed by atoms with Crippen molar-refractivity contribution in [3.05, 3.63) is 10.2 Å². The van der Waals surface area contributed by atoms with Gasteiger partial charge >= 0.3 is 0 Å². The summed E-state index contributed by atoms with van der Waals surface area (Å²) in [4.78, 5) is 0. The Hall–Kier alpha value is 0.470. The van der Waals surface area contributed by atoms with E-state index >= 15 is 0 Å². The lowest BCUT2D eigenvalue weighted by Gasteiger charge is -1.98. The number of hydrogen-bond acceptors (Lipinski definition) is 0. The van der Waals surface area contributed by atoms with E-state index in [2.05, 4.69) is 39.7 Å². The topological polar surface area (TPSA) is 0 Å². The van der Waals surface area contributed by atoms with Gasteiger partial charge in [0.2, 0.25) is 0 Å². The summed E-state index contributed by atoms with van der Waals surface area (Å²) in [6.07, 6.45) is 13.4. The summed E-state index contributed by atoms with van der Waals surface area (Å²) in [5.74, 6) is 0. The maximum absolute atomic E-state index is 2.29. The second-order valence-corrected chi connectivity index (χ2v) is 3.99. The molecular weight excluding hydrogens is 259 g/mol. The fourth-order valence-electron chi connectivity index (χ4n) is 1.28. The van der Waals surface area contributed by atoms with Gasteiger partial charge in [0.15, 0.2) is 0 Å². The summed E-state index contributed by atoms with van der Waals surface area (Å²) in [7, 11) is 0. The van der Waals surface area contributed by atoms with Crippen LogP contribution in [0.2, 0.25) is 0 Å². The minimum absolute atomic E-state index is 1.27. The van der Waals surface area contributed by atoms with Crippen molar-refractivity contribution in [2.75, 3.05) is 0 Å². The zero-order valence-corrected chi connectivity index (χ0v) is 10.3. The standard InChI is InChI=1S/C11H21I/c1-2-3-4-5-6-7-8-9-10-11-12/h10-11H,2-9H2,1H3. The van der Waals surface area contributed by atoms with Gasteiger partial charge in [-0.15, -0.1) is 0 Å². The molecule has 12 heavy (non-hydrogen) atoms. The average molecular weight is 280 g/mol. The third-order valence-electron chi connectivity index (χ3n) is 2.06. The van der Waals surface area contributed by atoms with Crippen LogP contribution in [0.5, 0.6) is 0 Å². The predicted octanol–water partition coefficient (Wildman–Crippen LogP) is 5.08. The number of unbranched alkanes of at least 4 members (excludes halogenated alkanes) is 7. The van der Waals surface area contributed by atoms with Crippen LogP contribution >= 0.6 is 22.6 Å². The Morgan fingerprint density at radius 2 is 1.50 bits per heavy atom. The molecule has 0 rings (SSSR count). The molecule has 0 heterocycles. The second kappa shape index (κ2) is 11.5. The fraction of sp³-hybridized carbons (Fsp3) is 0.818. The SMILES string of the molecule is CCCCCCCCCC=CI. The van der Waals surface area contributed by atoms with Gasteiger partial charge < -0.3 is 0 Å². The van der Waals surface area contributed by atoms with E-state index < -0.39 is 0 Å². The minimum Gasteiger partial charge on any atom is -0.0785 e. The van der Waals surface area contributed by atoms with Crippen LogP contribution in [0.4, 0.5) is 0 Å². The first-order chi connectivity index (χ1) is 5.91. The van der Waals surface area contributed by atoms with Crippen LogP contribution in [0.15, 0.2) is 10.2 Å². The summed E-state index contributed by atoms with van der Waals surface area (Å²) >= 11 is 2.29. The Labute approximate surface area is 91.0 Å². The van der Waals surface area contributed by atoms with Crippen LogP contribution in [0.3, 0.4) is 0 Å². The monoisotopic (exact) mass is 280 g/mol. The van der Waals surface area contributed by atoms with Gasteiger partial charge in [0.05, 0.1) is 0 Å². The Kier molecular flexibility index (Phi) is 11.9. The summed E-state index contributed by atoms with van der Waals surface area (Å²) < 4.78 is 2.12. The van der Waals surface area contributed by atoms with E-state index in [0.717, 1.165) is 0 Å². The lowest BCUT2D eigenvalue weighted by Crippen LogP contribution is -1.78. The second-order valence-electron chi connectivity index (χ2n) is 3.27. The summed E-state index contributed by atoms with van der Waals surface area (Å²) in [6.45, 7) is 2.27. The molecule has 0 aliphatic heterocycles. The molecule has 0 radical (unpaired) electrons. The van der Waals surface area contributed by atoms with Gasteiger partial charge in [0.1, 0.15) is 0 Å². The maximum Gasteiger partial charge on any atom is -0.0274 e. The molecule has 0 aliphatic carbocycles. The van der Waals surface area contributed by atoms with Crippen molar-refractivity contribution in [3.63, 3.8) is 0 Å². The smallest absolute Gasteiger partial charge is 0.0274 e. The lowest BCUT2D eigenvalue weighted by molar-refractivity contribution is 0.592. The highest BCUT2D eigenvalue weighted by Crippen LogP contribution is 2.08. The van der Waals surface area contributed by atoms with E-state index in [-0.39, 0.29) is 0 Å². The van der Waals surface area contributed by atoms with Gasteiger partial charge in [-0.1, -0.05) is 74.1 Å². The Bertz CT molecular complexity index is 97.2. The van der Waals surface area contributed by atoms with E-state index in [1.165, 1.54) is 51.4 Å². The van der Waals surface area contributed by atoms with Crippen molar-refractivity contribution in [2.45, 2.75) is 58.3 Å². The van der Waals surface area contributed by atoms with Crippen molar-refractivity contribution < 1.29 is 0 Å². The van der Waals surface area contributed by atoms with Crippen LogP contribution in [0.1, 0.15) is 58.3 Å². The molecule has 0 N–H and O–H groups in total. The first kappa shape index (κ1) is 12.5. The molecule has 0 aromatic carbocycles. The fourth-order valence-corrected chi connectivity index (χ4v) is 1.64. The minimum atomic E-state index is 1.27. The first-order valence-electron chi connectivity index (χ1n) is 5.17. The molecule has 0 aromatic rings. The largest absolute Gasteiger partial charge is 0.0785 e. The van der Waals surface area contributed by atoms with E-state index in [9.17, 15) is 0 Å². The van der Waals surface area contributed by atoms with E-state index in [0.29, 0.717) is 0 Å². The van der Waals surface area contributed by atoms with Crippen LogP contribution < -0.4 is 0 Å². The van der Waals surface area contributed by atoms with Crippen LogP contribution in [-0.2, 0) is 0 Å². The molecule has 72 valence electrons. The highest BCUT2D eigenvalue weighted by molar-refractivity contribution is 14.1. The van der Waals surface area contributed by atoms with Crippen LogP contribution in [-0.4, -0.2) is 0 Å². The highest BCUT2D eigenvalue weighted by atomic mass is 127. The molecule has 1 heteroatoms. The average Bonchev–Trinajstić information content (AvgIpc) is 2.10. The molecule has 0 amide bonds. The quantitative estimate of drug-likeness (QED) is 0.430. The Morgan fingerprint density at radius 1 is 0.917 bits per heavy atom. The zero-order valence-electron chi connectivity index (χ0n) is 8.19. The Morgan fingerprint density at radius 3 is 2.08 bits per heavy atom. The van der Waals surface area contributed by atoms with Crippen molar-refractivity contribution in [1.29, 1.82) is 0 Å². The molecule has 0 saturated carbocycles.